The Hall–Kier alpha value is -2.21. The van der Waals surface area contributed by atoms with Gasteiger partial charge in [-0.05, 0) is 18.1 Å². The van der Waals surface area contributed by atoms with Crippen LogP contribution in [0.2, 0.25) is 0 Å². The molecule has 0 bridgehead atoms. The second-order valence-corrected chi connectivity index (χ2v) is 8.20. The Kier molecular flexibility index (Phi) is 7.81. The number of carbonyl (C=O) groups is 1. The Balaban J connectivity index is 1.38. The van der Waals surface area contributed by atoms with E-state index in [0.717, 1.165) is 58.2 Å². The predicted octanol–water partition coefficient (Wildman–Crippen LogP) is 0.548. The number of piperazine rings is 1. The molecule has 1 atom stereocenters. The number of carbonyl (C=O) groups excluding carboxylic acids is 1. The number of hydrogen-bond acceptors (Lipinski definition) is 7. The molecule has 1 unspecified atom stereocenters. The van der Waals surface area contributed by atoms with Crippen LogP contribution in [0.5, 0.6) is 0 Å². The zero-order valence-corrected chi connectivity index (χ0v) is 17.5. The molecule has 0 aliphatic carbocycles. The van der Waals surface area contributed by atoms with Gasteiger partial charge < -0.3 is 15.0 Å². The van der Waals surface area contributed by atoms with Crippen LogP contribution in [-0.4, -0.2) is 92.3 Å². The summed E-state index contributed by atoms with van der Waals surface area (Å²) in [4.78, 5) is 23.4. The minimum Gasteiger partial charge on any atom is -0.374 e. The summed E-state index contributed by atoms with van der Waals surface area (Å²) < 4.78 is 5.81. The molecule has 2 aliphatic rings. The number of amides is 1. The van der Waals surface area contributed by atoms with Gasteiger partial charge >= 0.3 is 0 Å². The maximum atomic E-state index is 12.4. The van der Waals surface area contributed by atoms with Crippen molar-refractivity contribution < 1.29 is 9.53 Å². The van der Waals surface area contributed by atoms with Crippen molar-refractivity contribution in [1.29, 1.82) is 5.26 Å². The van der Waals surface area contributed by atoms with Crippen LogP contribution in [0.25, 0.3) is 0 Å². The number of rotatable bonds is 7. The number of nitrogens with zero attached hydrogens (tertiary/aromatic N) is 5. The number of morpholine rings is 1. The molecule has 0 aromatic carbocycles. The average Bonchev–Trinajstić information content (AvgIpc) is 2.73. The smallest absolute Gasteiger partial charge is 0.234 e. The van der Waals surface area contributed by atoms with Crippen LogP contribution < -0.4 is 10.2 Å². The molecule has 1 N–H and O–H groups in total. The minimum absolute atomic E-state index is 0.0404. The highest BCUT2D eigenvalue weighted by Crippen LogP contribution is 2.17. The number of nitrogens with one attached hydrogen (secondary N) is 1. The fraction of sp³-hybridized carbons (Fsp3) is 0.667. The van der Waals surface area contributed by atoms with Gasteiger partial charge in [0.2, 0.25) is 5.91 Å². The van der Waals surface area contributed by atoms with Crippen molar-refractivity contribution in [1.82, 2.24) is 20.1 Å². The van der Waals surface area contributed by atoms with Crippen LogP contribution in [0.4, 0.5) is 5.82 Å². The first-order valence-corrected chi connectivity index (χ1v) is 10.5. The molecule has 3 heterocycles. The first-order valence-electron chi connectivity index (χ1n) is 10.5. The highest BCUT2D eigenvalue weighted by molar-refractivity contribution is 5.78. The summed E-state index contributed by atoms with van der Waals surface area (Å²) in [5.74, 6) is 1.41. The van der Waals surface area contributed by atoms with E-state index >= 15 is 0 Å². The summed E-state index contributed by atoms with van der Waals surface area (Å²) in [5, 5.41) is 12.3. The van der Waals surface area contributed by atoms with Gasteiger partial charge in [0.25, 0.3) is 0 Å². The maximum absolute atomic E-state index is 12.4. The second kappa shape index (κ2) is 10.5. The van der Waals surface area contributed by atoms with Gasteiger partial charge in [0, 0.05) is 58.6 Å². The van der Waals surface area contributed by atoms with E-state index in [2.05, 4.69) is 44.9 Å². The van der Waals surface area contributed by atoms with Crippen molar-refractivity contribution in [2.75, 3.05) is 70.4 Å². The van der Waals surface area contributed by atoms with E-state index in [-0.39, 0.29) is 12.0 Å². The lowest BCUT2D eigenvalue weighted by Crippen LogP contribution is -2.52. The Bertz CT molecular complexity index is 711. The van der Waals surface area contributed by atoms with Gasteiger partial charge in [-0.25, -0.2) is 4.98 Å². The lowest BCUT2D eigenvalue weighted by molar-refractivity contribution is -0.123. The normalized spacial score (nSPS) is 21.2. The van der Waals surface area contributed by atoms with E-state index in [9.17, 15) is 10.1 Å². The molecular formula is C21H32N6O2. The molecule has 8 nitrogen and oxygen atoms in total. The van der Waals surface area contributed by atoms with Crippen LogP contribution in [0.3, 0.4) is 0 Å². The molecule has 3 rings (SSSR count). The summed E-state index contributed by atoms with van der Waals surface area (Å²) >= 11 is 0. The number of anilines is 1. The van der Waals surface area contributed by atoms with Crippen LogP contribution in [0, 0.1) is 17.2 Å². The molecule has 0 spiro atoms. The van der Waals surface area contributed by atoms with Crippen LogP contribution in [0.15, 0.2) is 18.3 Å². The first-order chi connectivity index (χ1) is 14.0. The summed E-state index contributed by atoms with van der Waals surface area (Å²) in [6.07, 6.45) is 1.78. The van der Waals surface area contributed by atoms with Gasteiger partial charge in [0.05, 0.1) is 24.8 Å². The molecule has 2 fully saturated rings. The molecule has 0 saturated carbocycles. The molecule has 2 saturated heterocycles. The van der Waals surface area contributed by atoms with Crippen LogP contribution >= 0.6 is 0 Å². The highest BCUT2D eigenvalue weighted by Gasteiger charge is 2.24. The van der Waals surface area contributed by atoms with Crippen molar-refractivity contribution in [3.05, 3.63) is 23.9 Å². The molecule has 2 aliphatic heterocycles. The molecule has 1 amide bonds. The molecule has 0 radical (unpaired) electrons. The predicted molar refractivity (Wildman–Crippen MR) is 112 cm³/mol. The van der Waals surface area contributed by atoms with E-state index < -0.39 is 0 Å². The van der Waals surface area contributed by atoms with Crippen molar-refractivity contribution in [2.45, 2.75) is 20.0 Å². The molecule has 8 heteroatoms. The zero-order chi connectivity index (χ0) is 20.6. The second-order valence-electron chi connectivity index (χ2n) is 8.20. The summed E-state index contributed by atoms with van der Waals surface area (Å²) in [7, 11) is 0. The highest BCUT2D eigenvalue weighted by atomic mass is 16.5. The van der Waals surface area contributed by atoms with Gasteiger partial charge in [-0.2, -0.15) is 5.26 Å². The maximum Gasteiger partial charge on any atom is 0.234 e. The van der Waals surface area contributed by atoms with E-state index in [1.807, 2.05) is 0 Å². The topological polar surface area (TPSA) is 84.7 Å². The lowest BCUT2D eigenvalue weighted by atomic mass is 10.2. The minimum atomic E-state index is 0.0404. The van der Waals surface area contributed by atoms with Crippen molar-refractivity contribution in [2.24, 2.45) is 5.92 Å². The van der Waals surface area contributed by atoms with E-state index in [1.54, 1.807) is 18.3 Å². The lowest BCUT2D eigenvalue weighted by Gasteiger charge is -2.36. The van der Waals surface area contributed by atoms with Crippen molar-refractivity contribution in [3.8, 4) is 6.07 Å². The quantitative estimate of drug-likeness (QED) is 0.715. The third-order valence-electron chi connectivity index (χ3n) is 5.32. The summed E-state index contributed by atoms with van der Waals surface area (Å²) in [6.45, 7) is 12.1. The van der Waals surface area contributed by atoms with E-state index in [4.69, 9.17) is 4.74 Å². The number of ether oxygens (including phenoxy) is 1. The van der Waals surface area contributed by atoms with Gasteiger partial charge in [0.15, 0.2) is 0 Å². The Labute approximate surface area is 173 Å². The number of hydrogen-bond donors (Lipinski definition) is 1. The van der Waals surface area contributed by atoms with Gasteiger partial charge in [-0.15, -0.1) is 0 Å². The van der Waals surface area contributed by atoms with Crippen LogP contribution in [0.1, 0.15) is 19.4 Å². The van der Waals surface area contributed by atoms with Crippen LogP contribution in [-0.2, 0) is 9.53 Å². The third-order valence-corrected chi connectivity index (χ3v) is 5.32. The Morgan fingerprint density at radius 3 is 2.83 bits per heavy atom. The number of nitriles is 1. The van der Waals surface area contributed by atoms with Gasteiger partial charge in [-0.1, -0.05) is 13.8 Å². The number of pyridine rings is 1. The fourth-order valence-electron chi connectivity index (χ4n) is 3.93. The van der Waals surface area contributed by atoms with E-state index in [0.29, 0.717) is 24.6 Å². The molecule has 29 heavy (non-hydrogen) atoms. The SMILES string of the molecule is CC(C)CN1CCOC(CNC(=O)CN2CCN(c3ncccc3C#N)CC2)C1. The molecule has 1 aromatic heterocycles. The largest absolute Gasteiger partial charge is 0.374 e. The van der Waals surface area contributed by atoms with Crippen molar-refractivity contribution >= 4 is 11.7 Å². The first kappa shape index (κ1) is 21.5. The van der Waals surface area contributed by atoms with E-state index in [1.165, 1.54) is 0 Å². The van der Waals surface area contributed by atoms with Gasteiger partial charge in [-0.3, -0.25) is 14.6 Å². The third kappa shape index (κ3) is 6.39. The monoisotopic (exact) mass is 400 g/mol. The summed E-state index contributed by atoms with van der Waals surface area (Å²) in [6, 6.07) is 5.77. The Morgan fingerprint density at radius 2 is 2.10 bits per heavy atom. The van der Waals surface area contributed by atoms with Crippen molar-refractivity contribution in [3.63, 3.8) is 0 Å². The summed E-state index contributed by atoms with van der Waals surface area (Å²) in [5.41, 5.74) is 0.595. The number of aromatic nitrogens is 1. The fourth-order valence-corrected chi connectivity index (χ4v) is 3.93. The standard InChI is InChI=1S/C21H32N6O2/c1-17(2)14-26-10-11-29-19(15-26)13-24-20(28)16-25-6-8-27(9-7-25)21-18(12-22)4-3-5-23-21/h3-5,17,19H,6-11,13-16H2,1-2H3,(H,24,28). The zero-order valence-electron chi connectivity index (χ0n) is 17.5. The molecular weight excluding hydrogens is 368 g/mol. The Morgan fingerprint density at radius 1 is 1.31 bits per heavy atom. The molecule has 1 aromatic rings. The van der Waals surface area contributed by atoms with Gasteiger partial charge in [0.1, 0.15) is 11.9 Å². The molecule has 158 valence electrons. The average molecular weight is 401 g/mol.